The molecule has 0 rings (SSSR count). The minimum atomic E-state index is -0.603. The average molecular weight is 243 g/mol. The third kappa shape index (κ3) is 7.29. The molecule has 0 bridgehead atoms. The molecule has 0 aliphatic carbocycles. The van der Waals surface area contributed by atoms with E-state index in [9.17, 15) is 9.90 Å². The number of rotatable bonds is 6. The summed E-state index contributed by atoms with van der Waals surface area (Å²) >= 11 is 0. The summed E-state index contributed by atoms with van der Waals surface area (Å²) in [4.78, 5) is 13.2. The number of hydrogen-bond acceptors (Lipinski definition) is 3. The maximum atomic E-state index is 11.4. The van der Waals surface area contributed by atoms with Crippen molar-refractivity contribution < 1.29 is 9.90 Å². The Morgan fingerprint density at radius 2 is 1.82 bits per heavy atom. The second kappa shape index (κ2) is 10.5. The molecule has 3 heteroatoms. The first-order valence-corrected chi connectivity index (χ1v) is 6.37. The number of aliphatic hydroxyl groups is 1. The zero-order chi connectivity index (χ0) is 14.0. The molecule has 1 N–H and O–H groups in total. The number of hydrogen-bond donors (Lipinski definition) is 1. The number of nitrogens with zero attached hydrogens (tertiary/aromatic N) is 1. The quantitative estimate of drug-likeness (QED) is 0.729. The summed E-state index contributed by atoms with van der Waals surface area (Å²) in [6.07, 6.45) is 4.17. The number of carbonyl (C=O) groups is 1. The largest absolute Gasteiger partial charge is 0.391 e. The van der Waals surface area contributed by atoms with E-state index in [2.05, 4.69) is 0 Å². The zero-order valence-electron chi connectivity index (χ0n) is 12.4. The van der Waals surface area contributed by atoms with Gasteiger partial charge in [-0.05, 0) is 40.3 Å². The summed E-state index contributed by atoms with van der Waals surface area (Å²) < 4.78 is 0. The summed E-state index contributed by atoms with van der Waals surface area (Å²) in [6, 6.07) is -0.398. The molecular formula is C14H29NO2. The standard InChI is InChI=1S/C12H23NO2.C2H6/c1-6-7-8-9(2)12(15)11(10(3)14)13(4)5;1-2/h6-7,9,11-12,15H,8H2,1-5H3;1-2H3/b7-6+;/t9-,11?,12?;/m1./s1. The molecule has 3 nitrogen and oxygen atoms in total. The molecular weight excluding hydrogens is 214 g/mol. The third-order valence-electron chi connectivity index (χ3n) is 2.62. The Bertz CT molecular complexity index is 224. The highest BCUT2D eigenvalue weighted by Crippen LogP contribution is 2.16. The molecule has 0 saturated heterocycles. The molecule has 0 aromatic rings. The highest BCUT2D eigenvalue weighted by Gasteiger charge is 2.29. The van der Waals surface area contributed by atoms with Crippen LogP contribution in [0.5, 0.6) is 0 Å². The van der Waals surface area contributed by atoms with Crippen molar-refractivity contribution in [2.45, 2.75) is 53.2 Å². The third-order valence-corrected chi connectivity index (χ3v) is 2.62. The summed E-state index contributed by atoms with van der Waals surface area (Å²) in [5.74, 6) is 0.109. The van der Waals surface area contributed by atoms with Gasteiger partial charge in [0.15, 0.2) is 0 Å². The van der Waals surface area contributed by atoms with Crippen LogP contribution in [0.1, 0.15) is 41.0 Å². The lowest BCUT2D eigenvalue weighted by Crippen LogP contribution is -2.47. The molecule has 0 aliphatic heterocycles. The molecule has 102 valence electrons. The van der Waals surface area contributed by atoms with Crippen LogP contribution in [-0.2, 0) is 4.79 Å². The van der Waals surface area contributed by atoms with Crippen molar-refractivity contribution in [2.75, 3.05) is 14.1 Å². The van der Waals surface area contributed by atoms with Crippen LogP contribution in [0.15, 0.2) is 12.2 Å². The number of carbonyl (C=O) groups excluding carboxylic acids is 1. The van der Waals surface area contributed by atoms with Gasteiger partial charge in [0, 0.05) is 0 Å². The van der Waals surface area contributed by atoms with E-state index in [0.717, 1.165) is 6.42 Å². The highest BCUT2D eigenvalue weighted by molar-refractivity contribution is 5.82. The van der Waals surface area contributed by atoms with Crippen LogP contribution in [0.3, 0.4) is 0 Å². The number of aliphatic hydroxyl groups excluding tert-OH is 1. The van der Waals surface area contributed by atoms with Gasteiger partial charge in [-0.15, -0.1) is 0 Å². The van der Waals surface area contributed by atoms with Gasteiger partial charge < -0.3 is 5.11 Å². The maximum absolute atomic E-state index is 11.4. The lowest BCUT2D eigenvalue weighted by Gasteiger charge is -2.30. The van der Waals surface area contributed by atoms with Gasteiger partial charge in [0.1, 0.15) is 5.78 Å². The molecule has 0 heterocycles. The molecule has 0 spiro atoms. The first kappa shape index (κ1) is 18.7. The SMILES string of the molecule is C/C=C/C[C@@H](C)C(O)C(C(C)=O)N(C)C.CC. The first-order chi connectivity index (χ1) is 7.91. The van der Waals surface area contributed by atoms with Crippen LogP contribution >= 0.6 is 0 Å². The van der Waals surface area contributed by atoms with Gasteiger partial charge in [-0.2, -0.15) is 0 Å². The monoisotopic (exact) mass is 243 g/mol. The molecule has 0 aromatic heterocycles. The summed E-state index contributed by atoms with van der Waals surface area (Å²) in [5.41, 5.74) is 0. The number of allylic oxidation sites excluding steroid dienone is 2. The van der Waals surface area contributed by atoms with Gasteiger partial charge in [0.25, 0.3) is 0 Å². The second-order valence-corrected chi connectivity index (χ2v) is 4.29. The van der Waals surface area contributed by atoms with Crippen LogP contribution in [-0.4, -0.2) is 42.0 Å². The molecule has 0 aromatic carbocycles. The Kier molecular flexibility index (Phi) is 11.5. The van der Waals surface area contributed by atoms with Crippen LogP contribution in [0.25, 0.3) is 0 Å². The molecule has 2 unspecified atom stereocenters. The van der Waals surface area contributed by atoms with Gasteiger partial charge >= 0.3 is 0 Å². The van der Waals surface area contributed by atoms with Crippen molar-refractivity contribution in [3.05, 3.63) is 12.2 Å². The fraction of sp³-hybridized carbons (Fsp3) is 0.786. The number of Topliss-reactive ketones (excluding diaryl/α,β-unsaturated/α-hetero) is 1. The lowest BCUT2D eigenvalue weighted by atomic mass is 9.92. The lowest BCUT2D eigenvalue weighted by molar-refractivity contribution is -0.126. The first-order valence-electron chi connectivity index (χ1n) is 6.37. The molecule has 0 fully saturated rings. The minimum absolute atomic E-state index is 0.0137. The van der Waals surface area contributed by atoms with Crippen molar-refractivity contribution in [3.8, 4) is 0 Å². The minimum Gasteiger partial charge on any atom is -0.391 e. The molecule has 0 saturated carbocycles. The molecule has 3 atom stereocenters. The van der Waals surface area contributed by atoms with E-state index in [1.54, 1.807) is 4.90 Å². The van der Waals surface area contributed by atoms with Gasteiger partial charge in [-0.3, -0.25) is 9.69 Å². The average Bonchev–Trinajstić information content (AvgIpc) is 2.27. The van der Waals surface area contributed by atoms with Crippen molar-refractivity contribution in [3.63, 3.8) is 0 Å². The predicted octanol–water partition coefficient (Wildman–Crippen LogP) is 2.50. The molecule has 17 heavy (non-hydrogen) atoms. The fourth-order valence-electron chi connectivity index (χ4n) is 1.71. The molecule has 0 radical (unpaired) electrons. The van der Waals surface area contributed by atoms with Crippen molar-refractivity contribution in [1.29, 1.82) is 0 Å². The van der Waals surface area contributed by atoms with Gasteiger partial charge in [0.05, 0.1) is 12.1 Å². The van der Waals surface area contributed by atoms with E-state index in [4.69, 9.17) is 0 Å². The number of ketones is 1. The number of likely N-dealkylation sites (N-methyl/N-ethyl adjacent to an activating group) is 1. The Balaban J connectivity index is 0. The van der Waals surface area contributed by atoms with E-state index >= 15 is 0 Å². The van der Waals surface area contributed by atoms with Gasteiger partial charge in [-0.25, -0.2) is 0 Å². The van der Waals surface area contributed by atoms with Crippen molar-refractivity contribution in [1.82, 2.24) is 4.90 Å². The smallest absolute Gasteiger partial charge is 0.149 e. The Morgan fingerprint density at radius 1 is 1.35 bits per heavy atom. The second-order valence-electron chi connectivity index (χ2n) is 4.29. The normalized spacial score (nSPS) is 16.3. The molecule has 0 amide bonds. The summed E-state index contributed by atoms with van der Waals surface area (Å²) in [6.45, 7) is 9.44. The highest BCUT2D eigenvalue weighted by atomic mass is 16.3. The van der Waals surface area contributed by atoms with Crippen LogP contribution in [0.2, 0.25) is 0 Å². The van der Waals surface area contributed by atoms with Crippen LogP contribution in [0.4, 0.5) is 0 Å². The van der Waals surface area contributed by atoms with E-state index in [0.29, 0.717) is 0 Å². The van der Waals surface area contributed by atoms with Crippen molar-refractivity contribution >= 4 is 5.78 Å². The Morgan fingerprint density at radius 3 is 2.12 bits per heavy atom. The maximum Gasteiger partial charge on any atom is 0.149 e. The van der Waals surface area contributed by atoms with Crippen molar-refractivity contribution in [2.24, 2.45) is 5.92 Å². The predicted molar refractivity (Wildman–Crippen MR) is 74.1 cm³/mol. The fourth-order valence-corrected chi connectivity index (χ4v) is 1.71. The molecule has 0 aliphatic rings. The Labute approximate surface area is 107 Å². The van der Waals surface area contributed by atoms with E-state index in [1.807, 2.05) is 53.9 Å². The Hall–Kier alpha value is -0.670. The van der Waals surface area contributed by atoms with Crippen LogP contribution < -0.4 is 0 Å². The summed E-state index contributed by atoms with van der Waals surface area (Å²) in [5, 5.41) is 10.0. The van der Waals surface area contributed by atoms with Crippen LogP contribution in [0, 0.1) is 5.92 Å². The van der Waals surface area contributed by atoms with Gasteiger partial charge in [-0.1, -0.05) is 32.9 Å². The topological polar surface area (TPSA) is 40.5 Å². The summed E-state index contributed by atoms with van der Waals surface area (Å²) in [7, 11) is 3.63. The van der Waals surface area contributed by atoms with E-state index in [-0.39, 0.29) is 11.7 Å². The van der Waals surface area contributed by atoms with Gasteiger partial charge in [0.2, 0.25) is 0 Å². The van der Waals surface area contributed by atoms with E-state index in [1.165, 1.54) is 6.92 Å². The van der Waals surface area contributed by atoms with E-state index < -0.39 is 12.1 Å². The zero-order valence-corrected chi connectivity index (χ0v) is 12.4.